The van der Waals surface area contributed by atoms with Crippen molar-refractivity contribution in [3.63, 3.8) is 0 Å². The average molecular weight is 392 g/mol. The maximum atomic E-state index is 14.1. The van der Waals surface area contributed by atoms with Crippen LogP contribution in [0.1, 0.15) is 30.1 Å². The van der Waals surface area contributed by atoms with E-state index < -0.39 is 17.6 Å². The molecular formula is C19H22F2N4O3. The molecular weight excluding hydrogens is 370 g/mol. The number of H-pyrrole nitrogens is 1. The first-order valence-corrected chi connectivity index (χ1v) is 9.15. The van der Waals surface area contributed by atoms with E-state index in [9.17, 15) is 18.4 Å². The minimum atomic E-state index is -0.879. The first-order chi connectivity index (χ1) is 13.4. The molecule has 1 aromatic heterocycles. The van der Waals surface area contributed by atoms with Crippen LogP contribution in [-0.2, 0) is 4.79 Å². The van der Waals surface area contributed by atoms with Gasteiger partial charge < -0.3 is 10.0 Å². The van der Waals surface area contributed by atoms with Crippen LogP contribution in [0.2, 0.25) is 0 Å². The van der Waals surface area contributed by atoms with Crippen LogP contribution in [-0.4, -0.2) is 69.2 Å². The van der Waals surface area contributed by atoms with Crippen LogP contribution in [0.25, 0.3) is 11.3 Å². The lowest BCUT2D eigenvalue weighted by Crippen LogP contribution is -2.48. The highest BCUT2D eigenvalue weighted by Crippen LogP contribution is 2.28. The molecule has 9 heteroatoms. The number of benzene rings is 1. The Bertz CT molecular complexity index is 842. The minimum absolute atomic E-state index is 0.0174. The first-order valence-electron chi connectivity index (χ1n) is 9.15. The van der Waals surface area contributed by atoms with E-state index in [0.29, 0.717) is 32.5 Å². The third kappa shape index (κ3) is 4.04. The van der Waals surface area contributed by atoms with Gasteiger partial charge in [0, 0.05) is 19.1 Å². The van der Waals surface area contributed by atoms with Crippen LogP contribution in [0.3, 0.4) is 0 Å². The number of likely N-dealkylation sites (tertiary alicyclic amines) is 1. The Balaban J connectivity index is 1.74. The van der Waals surface area contributed by atoms with Crippen LogP contribution in [0.5, 0.6) is 0 Å². The smallest absolute Gasteiger partial charge is 0.317 e. The van der Waals surface area contributed by atoms with Gasteiger partial charge in [0.15, 0.2) is 0 Å². The quantitative estimate of drug-likeness (QED) is 0.788. The molecule has 1 aliphatic heterocycles. The molecule has 1 aromatic carbocycles. The van der Waals surface area contributed by atoms with Crippen molar-refractivity contribution in [1.29, 1.82) is 0 Å². The van der Waals surface area contributed by atoms with E-state index in [4.69, 9.17) is 5.11 Å². The minimum Gasteiger partial charge on any atom is -0.480 e. The van der Waals surface area contributed by atoms with Crippen molar-refractivity contribution in [3.05, 3.63) is 41.6 Å². The number of carboxylic acids is 1. The third-order valence-electron chi connectivity index (χ3n) is 5.10. The molecule has 1 amide bonds. The van der Waals surface area contributed by atoms with Crippen molar-refractivity contribution in [2.75, 3.05) is 26.2 Å². The number of halogens is 2. The van der Waals surface area contributed by atoms with Crippen molar-refractivity contribution < 1.29 is 23.5 Å². The van der Waals surface area contributed by atoms with Crippen molar-refractivity contribution in [1.82, 2.24) is 20.0 Å². The molecule has 28 heavy (non-hydrogen) atoms. The van der Waals surface area contributed by atoms with Gasteiger partial charge in [-0.15, -0.1) is 0 Å². The summed E-state index contributed by atoms with van der Waals surface area (Å²) < 4.78 is 28.2. The fourth-order valence-corrected chi connectivity index (χ4v) is 3.65. The number of nitrogens with zero attached hydrogens (tertiary/aromatic N) is 3. The molecule has 1 saturated heterocycles. The zero-order valence-electron chi connectivity index (χ0n) is 15.5. The fraction of sp³-hybridized carbons (Fsp3) is 0.421. The Morgan fingerprint density at radius 3 is 2.50 bits per heavy atom. The Hall–Kier alpha value is -2.81. The highest BCUT2D eigenvalue weighted by molar-refractivity contribution is 5.99. The molecule has 3 rings (SSSR count). The lowest BCUT2D eigenvalue weighted by molar-refractivity contribution is -0.139. The van der Waals surface area contributed by atoms with Crippen LogP contribution in [0.4, 0.5) is 8.78 Å². The van der Waals surface area contributed by atoms with E-state index in [2.05, 4.69) is 10.2 Å². The lowest BCUT2D eigenvalue weighted by Gasteiger charge is -2.37. The summed E-state index contributed by atoms with van der Waals surface area (Å²) in [7, 11) is 0. The number of carboxylic acid groups (broad SMARTS) is 1. The predicted molar refractivity (Wildman–Crippen MR) is 97.7 cm³/mol. The molecule has 0 aliphatic carbocycles. The number of piperidine rings is 1. The second-order valence-electron chi connectivity index (χ2n) is 6.74. The number of likely N-dealkylation sites (N-methyl/N-ethyl adjacent to an activating group) is 1. The SMILES string of the molecule is CCN(CC(=O)O)C1CCN(C(=O)c2cn[nH]c2-c2c(F)cccc2F)CC1. The van der Waals surface area contributed by atoms with E-state index in [1.54, 1.807) is 4.90 Å². The Morgan fingerprint density at radius 1 is 1.29 bits per heavy atom. The number of carbonyl (C=O) groups excluding carboxylic acids is 1. The average Bonchev–Trinajstić information content (AvgIpc) is 3.14. The monoisotopic (exact) mass is 392 g/mol. The van der Waals surface area contributed by atoms with Gasteiger partial charge in [-0.2, -0.15) is 5.10 Å². The molecule has 0 unspecified atom stereocenters. The number of aromatic amines is 1. The van der Waals surface area contributed by atoms with E-state index in [1.807, 2.05) is 11.8 Å². The van der Waals surface area contributed by atoms with Crippen molar-refractivity contribution >= 4 is 11.9 Å². The molecule has 2 N–H and O–H groups in total. The highest BCUT2D eigenvalue weighted by Gasteiger charge is 2.30. The normalized spacial score (nSPS) is 15.2. The summed E-state index contributed by atoms with van der Waals surface area (Å²) in [5.74, 6) is -2.78. The Labute approximate surface area is 160 Å². The van der Waals surface area contributed by atoms with Crippen LogP contribution < -0.4 is 0 Å². The molecule has 150 valence electrons. The number of aromatic nitrogens is 2. The van der Waals surface area contributed by atoms with Crippen molar-refractivity contribution in [3.8, 4) is 11.3 Å². The molecule has 1 aliphatic rings. The lowest BCUT2D eigenvalue weighted by atomic mass is 10.0. The van der Waals surface area contributed by atoms with Gasteiger partial charge in [0.1, 0.15) is 11.6 Å². The number of aliphatic carboxylic acids is 1. The molecule has 2 heterocycles. The summed E-state index contributed by atoms with van der Waals surface area (Å²) in [5.41, 5.74) is -0.180. The van der Waals surface area contributed by atoms with Crippen LogP contribution >= 0.6 is 0 Å². The standard InChI is InChI=1S/C19H22F2N4O3/c1-2-24(11-16(26)27)12-6-8-25(9-7-12)19(28)13-10-22-23-18(13)17-14(20)4-3-5-15(17)21/h3-5,10,12H,2,6-9,11H2,1H3,(H,22,23)(H,26,27). The molecule has 0 radical (unpaired) electrons. The van der Waals surface area contributed by atoms with Gasteiger partial charge in [-0.25, -0.2) is 8.78 Å². The molecule has 0 saturated carbocycles. The summed E-state index contributed by atoms with van der Waals surface area (Å²) in [5, 5.41) is 15.4. The molecule has 0 atom stereocenters. The summed E-state index contributed by atoms with van der Waals surface area (Å²) in [6.45, 7) is 3.35. The molecule has 7 nitrogen and oxygen atoms in total. The van der Waals surface area contributed by atoms with E-state index in [0.717, 1.165) is 12.1 Å². The molecule has 1 fully saturated rings. The first kappa shape index (κ1) is 19.9. The topological polar surface area (TPSA) is 89.5 Å². The van der Waals surface area contributed by atoms with Gasteiger partial charge in [-0.05, 0) is 31.5 Å². The van der Waals surface area contributed by atoms with Gasteiger partial charge >= 0.3 is 5.97 Å². The zero-order chi connectivity index (χ0) is 20.3. The summed E-state index contributed by atoms with van der Waals surface area (Å²) >= 11 is 0. The number of hydrogen-bond donors (Lipinski definition) is 2. The second kappa shape index (κ2) is 8.47. The van der Waals surface area contributed by atoms with Gasteiger partial charge in [0.05, 0.1) is 29.6 Å². The number of nitrogens with one attached hydrogen (secondary N) is 1. The highest BCUT2D eigenvalue weighted by atomic mass is 19.1. The van der Waals surface area contributed by atoms with Crippen molar-refractivity contribution in [2.24, 2.45) is 0 Å². The second-order valence-corrected chi connectivity index (χ2v) is 6.74. The van der Waals surface area contributed by atoms with E-state index in [1.165, 1.54) is 12.3 Å². The van der Waals surface area contributed by atoms with Crippen LogP contribution in [0.15, 0.2) is 24.4 Å². The Morgan fingerprint density at radius 2 is 1.93 bits per heavy atom. The molecule has 0 bridgehead atoms. The fourth-order valence-electron chi connectivity index (χ4n) is 3.65. The predicted octanol–water partition coefficient (Wildman–Crippen LogP) is 2.37. The molecule has 2 aromatic rings. The summed E-state index contributed by atoms with van der Waals surface area (Å²) in [6, 6.07) is 3.59. The summed E-state index contributed by atoms with van der Waals surface area (Å²) in [6.07, 6.45) is 2.54. The Kier molecular flexibility index (Phi) is 6.03. The van der Waals surface area contributed by atoms with E-state index in [-0.39, 0.29) is 35.3 Å². The molecule has 0 spiro atoms. The maximum Gasteiger partial charge on any atom is 0.317 e. The number of rotatable bonds is 6. The maximum absolute atomic E-state index is 14.1. The van der Waals surface area contributed by atoms with Gasteiger partial charge in [0.2, 0.25) is 0 Å². The van der Waals surface area contributed by atoms with E-state index >= 15 is 0 Å². The van der Waals surface area contributed by atoms with Crippen molar-refractivity contribution in [2.45, 2.75) is 25.8 Å². The van der Waals surface area contributed by atoms with Gasteiger partial charge in [-0.3, -0.25) is 19.6 Å². The number of amides is 1. The summed E-state index contributed by atoms with van der Waals surface area (Å²) in [4.78, 5) is 27.4. The largest absolute Gasteiger partial charge is 0.480 e. The number of hydrogen-bond acceptors (Lipinski definition) is 4. The van der Waals surface area contributed by atoms with Crippen LogP contribution in [0, 0.1) is 11.6 Å². The van der Waals surface area contributed by atoms with Gasteiger partial charge in [-0.1, -0.05) is 13.0 Å². The number of carbonyl (C=O) groups is 2. The zero-order valence-corrected chi connectivity index (χ0v) is 15.5. The van der Waals surface area contributed by atoms with Gasteiger partial charge in [0.25, 0.3) is 5.91 Å². The third-order valence-corrected chi connectivity index (χ3v) is 5.10.